The molecule has 0 unspecified atom stereocenters. The van der Waals surface area contributed by atoms with E-state index in [1.807, 2.05) is 24.3 Å². The molecule has 1 aliphatic rings. The van der Waals surface area contributed by atoms with Crippen LogP contribution in [0.5, 0.6) is 5.75 Å². The molecular weight excluding hydrogens is 318 g/mol. The number of methoxy groups -OCH3 is 1. The normalized spacial score (nSPS) is 16.4. The van der Waals surface area contributed by atoms with Gasteiger partial charge >= 0.3 is 0 Å². The number of anilines is 1. The van der Waals surface area contributed by atoms with Crippen LogP contribution in [0.15, 0.2) is 47.8 Å². The first kappa shape index (κ1) is 15.3. The van der Waals surface area contributed by atoms with E-state index in [0.29, 0.717) is 17.8 Å². The fraction of sp³-hybridized carbons (Fsp3) is 0.188. The second-order valence-electron chi connectivity index (χ2n) is 4.90. The molecule has 2 aromatic rings. The quantitative estimate of drug-likeness (QED) is 0.874. The summed E-state index contributed by atoms with van der Waals surface area (Å²) in [5.74, 6) is 0.445. The minimum atomic E-state index is -0.691. The van der Waals surface area contributed by atoms with Gasteiger partial charge in [0, 0.05) is 12.6 Å². The molecule has 0 fully saturated rings. The van der Waals surface area contributed by atoms with Crippen LogP contribution in [0.2, 0.25) is 5.15 Å². The SMILES string of the molecule is COc1ccc(C2=NO[C@H](C(=O)Nc3cccnc3Cl)C2)cc1. The third-order valence-corrected chi connectivity index (χ3v) is 3.70. The summed E-state index contributed by atoms with van der Waals surface area (Å²) in [6.07, 6.45) is 1.24. The molecule has 0 spiro atoms. The smallest absolute Gasteiger partial charge is 0.268 e. The molecule has 0 saturated heterocycles. The first-order valence-electron chi connectivity index (χ1n) is 6.96. The molecule has 0 bridgehead atoms. The Morgan fingerprint density at radius 1 is 1.35 bits per heavy atom. The average molecular weight is 332 g/mol. The third-order valence-electron chi connectivity index (χ3n) is 3.40. The summed E-state index contributed by atoms with van der Waals surface area (Å²) in [7, 11) is 1.61. The van der Waals surface area contributed by atoms with Crippen molar-refractivity contribution in [3.05, 3.63) is 53.3 Å². The van der Waals surface area contributed by atoms with Gasteiger partial charge in [0.25, 0.3) is 5.91 Å². The Hall–Kier alpha value is -2.60. The van der Waals surface area contributed by atoms with E-state index in [1.165, 1.54) is 0 Å². The van der Waals surface area contributed by atoms with Gasteiger partial charge in [-0.1, -0.05) is 16.8 Å². The second kappa shape index (κ2) is 6.66. The van der Waals surface area contributed by atoms with Crippen LogP contribution in [0.1, 0.15) is 12.0 Å². The summed E-state index contributed by atoms with van der Waals surface area (Å²) >= 11 is 5.92. The number of benzene rings is 1. The summed E-state index contributed by atoms with van der Waals surface area (Å²) < 4.78 is 5.12. The highest BCUT2D eigenvalue weighted by Crippen LogP contribution is 2.22. The Morgan fingerprint density at radius 2 is 2.13 bits per heavy atom. The second-order valence-corrected chi connectivity index (χ2v) is 5.25. The van der Waals surface area contributed by atoms with Crippen LogP contribution in [-0.4, -0.2) is 29.8 Å². The van der Waals surface area contributed by atoms with Gasteiger partial charge in [-0.3, -0.25) is 4.79 Å². The highest BCUT2D eigenvalue weighted by Gasteiger charge is 2.29. The van der Waals surface area contributed by atoms with Gasteiger partial charge in [0.15, 0.2) is 5.15 Å². The fourth-order valence-corrected chi connectivity index (χ4v) is 2.33. The molecule has 1 aromatic carbocycles. The van der Waals surface area contributed by atoms with E-state index in [1.54, 1.807) is 25.4 Å². The predicted molar refractivity (Wildman–Crippen MR) is 86.9 cm³/mol. The zero-order valence-electron chi connectivity index (χ0n) is 12.3. The Kier molecular flexibility index (Phi) is 4.43. The molecule has 3 rings (SSSR count). The molecule has 0 aliphatic carbocycles. The van der Waals surface area contributed by atoms with Crippen molar-refractivity contribution in [3.63, 3.8) is 0 Å². The van der Waals surface area contributed by atoms with Crippen molar-refractivity contribution < 1.29 is 14.4 Å². The lowest BCUT2D eigenvalue weighted by molar-refractivity contribution is -0.125. The molecule has 0 saturated carbocycles. The number of carbonyl (C=O) groups is 1. The van der Waals surface area contributed by atoms with Crippen LogP contribution in [0, 0.1) is 0 Å². The van der Waals surface area contributed by atoms with Gasteiger partial charge in [-0.2, -0.15) is 0 Å². The number of oxime groups is 1. The van der Waals surface area contributed by atoms with Crippen LogP contribution >= 0.6 is 11.6 Å². The Morgan fingerprint density at radius 3 is 2.83 bits per heavy atom. The van der Waals surface area contributed by atoms with Crippen LogP contribution in [-0.2, 0) is 9.63 Å². The van der Waals surface area contributed by atoms with Crippen LogP contribution in [0.25, 0.3) is 0 Å². The minimum Gasteiger partial charge on any atom is -0.497 e. The van der Waals surface area contributed by atoms with Crippen molar-refractivity contribution in [1.82, 2.24) is 4.98 Å². The number of amides is 1. The average Bonchev–Trinajstić information content (AvgIpc) is 3.07. The number of hydrogen-bond donors (Lipinski definition) is 1. The van der Waals surface area contributed by atoms with E-state index in [9.17, 15) is 4.79 Å². The summed E-state index contributed by atoms with van der Waals surface area (Å²) in [6.45, 7) is 0. The number of ether oxygens (including phenoxy) is 1. The maximum Gasteiger partial charge on any atom is 0.268 e. The Bertz CT molecular complexity index is 746. The van der Waals surface area contributed by atoms with Crippen LogP contribution in [0.3, 0.4) is 0 Å². The van der Waals surface area contributed by atoms with E-state index in [-0.39, 0.29) is 11.1 Å². The number of aromatic nitrogens is 1. The first-order valence-corrected chi connectivity index (χ1v) is 7.33. The van der Waals surface area contributed by atoms with Crippen molar-refractivity contribution in [2.75, 3.05) is 12.4 Å². The summed E-state index contributed by atoms with van der Waals surface area (Å²) in [5.41, 5.74) is 2.05. The van der Waals surface area contributed by atoms with Gasteiger partial charge in [-0.15, -0.1) is 0 Å². The minimum absolute atomic E-state index is 0.232. The van der Waals surface area contributed by atoms with Crippen molar-refractivity contribution in [1.29, 1.82) is 0 Å². The van der Waals surface area contributed by atoms with Gasteiger partial charge in [-0.05, 0) is 42.0 Å². The molecule has 1 aliphatic heterocycles. The maximum absolute atomic E-state index is 12.2. The van der Waals surface area contributed by atoms with E-state index < -0.39 is 6.10 Å². The van der Waals surface area contributed by atoms with Gasteiger partial charge in [0.2, 0.25) is 6.10 Å². The molecule has 6 nitrogen and oxygen atoms in total. The fourth-order valence-electron chi connectivity index (χ4n) is 2.16. The van der Waals surface area contributed by atoms with Gasteiger partial charge in [0.05, 0.1) is 18.5 Å². The largest absolute Gasteiger partial charge is 0.497 e. The molecule has 118 valence electrons. The zero-order chi connectivity index (χ0) is 16.2. The van der Waals surface area contributed by atoms with E-state index in [0.717, 1.165) is 11.3 Å². The predicted octanol–water partition coefficient (Wildman–Crippen LogP) is 2.88. The molecule has 1 aromatic heterocycles. The van der Waals surface area contributed by atoms with Gasteiger partial charge in [-0.25, -0.2) is 4.98 Å². The van der Waals surface area contributed by atoms with Crippen molar-refractivity contribution in [2.45, 2.75) is 12.5 Å². The van der Waals surface area contributed by atoms with E-state index in [4.69, 9.17) is 21.2 Å². The zero-order valence-corrected chi connectivity index (χ0v) is 13.1. The molecule has 23 heavy (non-hydrogen) atoms. The molecule has 1 atom stereocenters. The lowest BCUT2D eigenvalue weighted by atomic mass is 10.0. The topological polar surface area (TPSA) is 72.8 Å². The van der Waals surface area contributed by atoms with Gasteiger partial charge in [0.1, 0.15) is 5.75 Å². The lowest BCUT2D eigenvalue weighted by Gasteiger charge is -2.10. The van der Waals surface area contributed by atoms with E-state index >= 15 is 0 Å². The summed E-state index contributed by atoms with van der Waals surface area (Å²) in [5, 5.41) is 6.92. The number of carbonyl (C=O) groups excluding carboxylic acids is 1. The van der Waals surface area contributed by atoms with E-state index in [2.05, 4.69) is 15.5 Å². The summed E-state index contributed by atoms with van der Waals surface area (Å²) in [6, 6.07) is 10.8. The third kappa shape index (κ3) is 3.43. The highest BCUT2D eigenvalue weighted by molar-refractivity contribution is 6.32. The molecule has 1 amide bonds. The molecule has 7 heteroatoms. The molecule has 0 radical (unpaired) electrons. The Balaban J connectivity index is 1.64. The maximum atomic E-state index is 12.2. The van der Waals surface area contributed by atoms with Crippen molar-refractivity contribution in [3.8, 4) is 5.75 Å². The number of pyridine rings is 1. The first-order chi connectivity index (χ1) is 11.2. The van der Waals surface area contributed by atoms with Crippen LogP contribution in [0.4, 0.5) is 5.69 Å². The van der Waals surface area contributed by atoms with Crippen LogP contribution < -0.4 is 10.1 Å². The number of halogens is 1. The monoisotopic (exact) mass is 331 g/mol. The molecule has 1 N–H and O–H groups in total. The standard InChI is InChI=1S/C16H14ClN3O3/c1-22-11-6-4-10(5-7-11)13-9-14(23-20-13)16(21)19-12-3-2-8-18-15(12)17/h2-8,14H,9H2,1H3,(H,19,21)/t14-/m0/s1. The molecule has 2 heterocycles. The van der Waals surface area contributed by atoms with Crippen molar-refractivity contribution in [2.24, 2.45) is 5.16 Å². The highest BCUT2D eigenvalue weighted by atomic mass is 35.5. The van der Waals surface area contributed by atoms with Gasteiger partial charge < -0.3 is 14.9 Å². The Labute approximate surface area is 138 Å². The number of hydrogen-bond acceptors (Lipinski definition) is 5. The van der Waals surface area contributed by atoms with Crippen molar-refractivity contribution >= 4 is 28.9 Å². The molecular formula is C16H14ClN3O3. The number of nitrogens with zero attached hydrogens (tertiary/aromatic N) is 2. The lowest BCUT2D eigenvalue weighted by Crippen LogP contribution is -2.28. The summed E-state index contributed by atoms with van der Waals surface area (Å²) in [4.78, 5) is 21.4. The number of rotatable bonds is 4. The number of nitrogens with one attached hydrogen (secondary N) is 1.